The molecule has 16 heavy (non-hydrogen) atoms. The van der Waals surface area contributed by atoms with E-state index >= 15 is 0 Å². The second-order valence-electron chi connectivity index (χ2n) is 2.91. The second kappa shape index (κ2) is 4.67. The minimum Gasteiger partial charge on any atom is -0.465 e. The van der Waals surface area contributed by atoms with Crippen LogP contribution in [0.2, 0.25) is 0 Å². The summed E-state index contributed by atoms with van der Waals surface area (Å²) >= 11 is 0. The summed E-state index contributed by atoms with van der Waals surface area (Å²) in [5, 5.41) is 10.7. The first-order chi connectivity index (χ1) is 7.51. The van der Waals surface area contributed by atoms with E-state index < -0.39 is 28.0 Å². The van der Waals surface area contributed by atoms with Crippen molar-refractivity contribution >= 4 is 11.7 Å². The van der Waals surface area contributed by atoms with Crippen LogP contribution in [-0.2, 0) is 11.3 Å². The molecule has 0 aliphatic rings. The Balaban J connectivity index is 3.42. The Hall–Kier alpha value is -2.02. The number of ether oxygens (including phenoxy) is 1. The third kappa shape index (κ3) is 2.14. The van der Waals surface area contributed by atoms with Gasteiger partial charge in [0.05, 0.1) is 12.0 Å². The second-order valence-corrected chi connectivity index (χ2v) is 2.91. The molecule has 1 rings (SSSR count). The van der Waals surface area contributed by atoms with E-state index in [0.717, 1.165) is 19.2 Å². The van der Waals surface area contributed by atoms with Crippen LogP contribution >= 0.6 is 0 Å². The van der Waals surface area contributed by atoms with Crippen molar-refractivity contribution in [2.45, 2.75) is 6.54 Å². The molecule has 0 saturated heterocycles. The van der Waals surface area contributed by atoms with Gasteiger partial charge < -0.3 is 10.5 Å². The van der Waals surface area contributed by atoms with Crippen molar-refractivity contribution in [2.75, 3.05) is 7.11 Å². The fourth-order valence-electron chi connectivity index (χ4n) is 1.19. The largest absolute Gasteiger partial charge is 0.465 e. The van der Waals surface area contributed by atoms with Crippen molar-refractivity contribution in [1.29, 1.82) is 0 Å². The monoisotopic (exact) mass is 228 g/mol. The van der Waals surface area contributed by atoms with Crippen molar-refractivity contribution in [3.8, 4) is 0 Å². The van der Waals surface area contributed by atoms with Gasteiger partial charge in [0.1, 0.15) is 11.4 Å². The van der Waals surface area contributed by atoms with Gasteiger partial charge in [-0.15, -0.1) is 0 Å². The van der Waals surface area contributed by atoms with Crippen molar-refractivity contribution in [1.82, 2.24) is 0 Å². The van der Waals surface area contributed by atoms with Crippen molar-refractivity contribution in [2.24, 2.45) is 5.73 Å². The highest BCUT2D eigenvalue weighted by Gasteiger charge is 2.23. The lowest BCUT2D eigenvalue weighted by atomic mass is 10.1. The Morgan fingerprint density at radius 2 is 2.25 bits per heavy atom. The van der Waals surface area contributed by atoms with Gasteiger partial charge in [0, 0.05) is 18.2 Å². The number of nitro benzene ring substituents is 1. The zero-order chi connectivity index (χ0) is 12.3. The molecule has 0 unspecified atom stereocenters. The summed E-state index contributed by atoms with van der Waals surface area (Å²) in [7, 11) is 1.06. The van der Waals surface area contributed by atoms with E-state index in [1.165, 1.54) is 0 Å². The Morgan fingerprint density at radius 3 is 2.69 bits per heavy atom. The molecule has 1 aromatic rings. The first kappa shape index (κ1) is 12.1. The lowest BCUT2D eigenvalue weighted by molar-refractivity contribution is -0.385. The molecule has 86 valence electrons. The van der Waals surface area contributed by atoms with Crippen LogP contribution in [0.3, 0.4) is 0 Å². The van der Waals surface area contributed by atoms with Gasteiger partial charge in [0.25, 0.3) is 5.69 Å². The SMILES string of the molecule is COC(=O)c1cc(F)c(CN)cc1[N+](=O)[O-]. The summed E-state index contributed by atoms with van der Waals surface area (Å²) in [6.07, 6.45) is 0. The molecule has 0 atom stereocenters. The maximum absolute atomic E-state index is 13.3. The van der Waals surface area contributed by atoms with E-state index in [-0.39, 0.29) is 12.1 Å². The zero-order valence-electron chi connectivity index (χ0n) is 8.40. The third-order valence-electron chi connectivity index (χ3n) is 1.99. The summed E-state index contributed by atoms with van der Waals surface area (Å²) in [4.78, 5) is 21.0. The number of nitro groups is 1. The Morgan fingerprint density at radius 1 is 1.62 bits per heavy atom. The van der Waals surface area contributed by atoms with Gasteiger partial charge in [0.2, 0.25) is 0 Å². The molecule has 0 amide bonds. The molecule has 0 aliphatic heterocycles. The maximum Gasteiger partial charge on any atom is 0.344 e. The van der Waals surface area contributed by atoms with Crippen LogP contribution in [0.25, 0.3) is 0 Å². The molecule has 0 aromatic heterocycles. The summed E-state index contributed by atoms with van der Waals surface area (Å²) in [6, 6.07) is 1.69. The number of hydrogen-bond donors (Lipinski definition) is 1. The molecule has 0 spiro atoms. The number of methoxy groups -OCH3 is 1. The van der Waals surface area contributed by atoms with Gasteiger partial charge in [-0.2, -0.15) is 0 Å². The van der Waals surface area contributed by atoms with E-state index in [0.29, 0.717) is 0 Å². The van der Waals surface area contributed by atoms with Gasteiger partial charge in [0.15, 0.2) is 0 Å². The molecule has 2 N–H and O–H groups in total. The normalized spacial score (nSPS) is 9.94. The van der Waals surface area contributed by atoms with Crippen LogP contribution in [0.1, 0.15) is 15.9 Å². The highest BCUT2D eigenvalue weighted by Crippen LogP contribution is 2.23. The number of hydrogen-bond acceptors (Lipinski definition) is 5. The Labute approximate surface area is 90.0 Å². The van der Waals surface area contributed by atoms with Crippen LogP contribution in [0.15, 0.2) is 12.1 Å². The lowest BCUT2D eigenvalue weighted by Crippen LogP contribution is -2.09. The average molecular weight is 228 g/mol. The average Bonchev–Trinajstić information content (AvgIpc) is 2.27. The maximum atomic E-state index is 13.3. The molecule has 6 nitrogen and oxygen atoms in total. The topological polar surface area (TPSA) is 95.5 Å². The summed E-state index contributed by atoms with van der Waals surface area (Å²) in [5.41, 5.74) is 4.22. The zero-order valence-corrected chi connectivity index (χ0v) is 8.40. The van der Waals surface area contributed by atoms with Crippen LogP contribution in [0, 0.1) is 15.9 Å². The van der Waals surface area contributed by atoms with Gasteiger partial charge in [-0.25, -0.2) is 9.18 Å². The standard InChI is InChI=1S/C9H9FN2O4/c1-16-9(13)6-3-7(10)5(4-11)2-8(6)12(14)15/h2-3H,4,11H2,1H3. The van der Waals surface area contributed by atoms with E-state index in [1.807, 2.05) is 0 Å². The summed E-state index contributed by atoms with van der Waals surface area (Å²) in [5.74, 6) is -1.73. The first-order valence-corrected chi connectivity index (χ1v) is 4.26. The summed E-state index contributed by atoms with van der Waals surface area (Å²) < 4.78 is 17.6. The van der Waals surface area contributed by atoms with E-state index in [2.05, 4.69) is 4.74 Å². The van der Waals surface area contributed by atoms with Crippen molar-refractivity contribution in [3.05, 3.63) is 39.2 Å². The van der Waals surface area contributed by atoms with Crippen LogP contribution in [0.5, 0.6) is 0 Å². The number of rotatable bonds is 3. The third-order valence-corrected chi connectivity index (χ3v) is 1.99. The fourth-order valence-corrected chi connectivity index (χ4v) is 1.19. The number of benzene rings is 1. The Bertz CT molecular complexity index is 447. The van der Waals surface area contributed by atoms with Gasteiger partial charge in [-0.1, -0.05) is 0 Å². The molecule has 0 bridgehead atoms. The fraction of sp³-hybridized carbons (Fsp3) is 0.222. The minimum absolute atomic E-state index is 0.0284. The molecule has 0 aliphatic carbocycles. The molecule has 0 heterocycles. The highest BCUT2D eigenvalue weighted by molar-refractivity contribution is 5.94. The van der Waals surface area contributed by atoms with Gasteiger partial charge in [-0.05, 0) is 6.07 Å². The van der Waals surface area contributed by atoms with Gasteiger partial charge >= 0.3 is 5.97 Å². The van der Waals surface area contributed by atoms with E-state index in [4.69, 9.17) is 5.73 Å². The predicted octanol–water partition coefficient (Wildman–Crippen LogP) is 0.979. The van der Waals surface area contributed by atoms with Gasteiger partial charge in [-0.3, -0.25) is 10.1 Å². The molecule has 0 radical (unpaired) electrons. The first-order valence-electron chi connectivity index (χ1n) is 4.26. The van der Waals surface area contributed by atoms with E-state index in [1.54, 1.807) is 0 Å². The predicted molar refractivity (Wildman–Crippen MR) is 52.3 cm³/mol. The molecular formula is C9H9FN2O4. The minimum atomic E-state index is -0.964. The number of halogens is 1. The molecule has 0 saturated carbocycles. The molecule has 7 heteroatoms. The quantitative estimate of drug-likeness (QED) is 0.472. The number of carbonyl (C=O) groups excluding carboxylic acids is 1. The van der Waals surface area contributed by atoms with Crippen molar-refractivity contribution in [3.63, 3.8) is 0 Å². The number of esters is 1. The van der Waals surface area contributed by atoms with Crippen molar-refractivity contribution < 1.29 is 18.8 Å². The lowest BCUT2D eigenvalue weighted by Gasteiger charge is -2.04. The molecule has 1 aromatic carbocycles. The smallest absolute Gasteiger partial charge is 0.344 e. The number of carbonyl (C=O) groups is 1. The van der Waals surface area contributed by atoms with Crippen LogP contribution in [-0.4, -0.2) is 18.0 Å². The number of nitrogens with two attached hydrogens (primary N) is 1. The highest BCUT2D eigenvalue weighted by atomic mass is 19.1. The van der Waals surface area contributed by atoms with Crippen LogP contribution < -0.4 is 5.73 Å². The molecule has 0 fully saturated rings. The summed E-state index contributed by atoms with van der Waals surface area (Å²) in [6.45, 7) is -0.186. The van der Waals surface area contributed by atoms with Crippen LogP contribution in [0.4, 0.5) is 10.1 Å². The molecular weight excluding hydrogens is 219 g/mol. The van der Waals surface area contributed by atoms with E-state index in [9.17, 15) is 19.3 Å². The Kier molecular flexibility index (Phi) is 3.51. The number of nitrogens with zero attached hydrogens (tertiary/aromatic N) is 1.